The van der Waals surface area contributed by atoms with Crippen LogP contribution in [0.25, 0.3) is 0 Å². The van der Waals surface area contributed by atoms with Crippen molar-refractivity contribution in [2.75, 3.05) is 0 Å². The zero-order valence-electron chi connectivity index (χ0n) is 12.0. The molecular weight excluding hydrogens is 208 g/mol. The van der Waals surface area contributed by atoms with Gasteiger partial charge >= 0.3 is 0 Å². The molecule has 1 heterocycles. The molecule has 1 aromatic rings. The fraction of sp³-hybridized carbons (Fsp3) is 0.800. The monoisotopic (exact) mass is 236 g/mol. The molecule has 1 rings (SSSR count). The van der Waals surface area contributed by atoms with Gasteiger partial charge in [0.15, 0.2) is 0 Å². The van der Waals surface area contributed by atoms with E-state index in [0.717, 1.165) is 5.69 Å². The summed E-state index contributed by atoms with van der Waals surface area (Å²) in [4.78, 5) is 8.01. The van der Waals surface area contributed by atoms with Gasteiger partial charge in [0.05, 0.1) is 5.69 Å². The number of hydrogen-bond acceptors (Lipinski definition) is 1. The first kappa shape index (κ1) is 14.3. The fourth-order valence-electron chi connectivity index (χ4n) is 2.58. The van der Waals surface area contributed by atoms with Crippen molar-refractivity contribution in [3.05, 3.63) is 17.7 Å². The lowest BCUT2D eigenvalue weighted by Crippen LogP contribution is -2.23. The highest BCUT2D eigenvalue weighted by Gasteiger charge is 2.27. The number of unbranched alkanes of at least 4 members (excludes halogenated alkanes) is 3. The van der Waals surface area contributed by atoms with E-state index in [0.29, 0.717) is 0 Å². The third-order valence-electron chi connectivity index (χ3n) is 3.66. The van der Waals surface area contributed by atoms with Gasteiger partial charge in [-0.3, -0.25) is 0 Å². The van der Waals surface area contributed by atoms with Crippen LogP contribution in [0.3, 0.4) is 0 Å². The second-order valence-corrected chi connectivity index (χ2v) is 5.51. The molecular formula is C15H28N2. The highest BCUT2D eigenvalue weighted by atomic mass is 14.9. The van der Waals surface area contributed by atoms with Crippen LogP contribution in [0.1, 0.15) is 77.2 Å². The number of aromatic amines is 1. The summed E-state index contributed by atoms with van der Waals surface area (Å²) in [6, 6.07) is 0. The number of aryl methyl sites for hydroxylation is 1. The lowest BCUT2D eigenvalue weighted by molar-refractivity contribution is 0.359. The maximum absolute atomic E-state index is 4.64. The SMILES string of the molecule is CCCCCCC(C)(CCC)c1nc(C)c[nH]1. The van der Waals surface area contributed by atoms with Gasteiger partial charge in [-0.2, -0.15) is 0 Å². The van der Waals surface area contributed by atoms with Gasteiger partial charge in [-0.25, -0.2) is 4.98 Å². The summed E-state index contributed by atoms with van der Waals surface area (Å²) >= 11 is 0. The molecule has 0 saturated heterocycles. The van der Waals surface area contributed by atoms with Gasteiger partial charge in [0, 0.05) is 11.6 Å². The Labute approximate surface area is 106 Å². The number of H-pyrrole nitrogens is 1. The molecule has 0 aliphatic heterocycles. The average molecular weight is 236 g/mol. The van der Waals surface area contributed by atoms with Gasteiger partial charge in [-0.15, -0.1) is 0 Å². The van der Waals surface area contributed by atoms with E-state index >= 15 is 0 Å². The Kier molecular flexibility index (Phi) is 5.73. The predicted molar refractivity (Wildman–Crippen MR) is 74.3 cm³/mol. The largest absolute Gasteiger partial charge is 0.348 e. The van der Waals surface area contributed by atoms with Crippen molar-refractivity contribution in [2.45, 2.75) is 78.1 Å². The molecule has 17 heavy (non-hydrogen) atoms. The second kappa shape index (κ2) is 6.83. The van der Waals surface area contributed by atoms with E-state index in [2.05, 4.69) is 37.7 Å². The Balaban J connectivity index is 2.61. The van der Waals surface area contributed by atoms with Crippen LogP contribution in [0.2, 0.25) is 0 Å². The van der Waals surface area contributed by atoms with E-state index in [9.17, 15) is 0 Å². The fourth-order valence-corrected chi connectivity index (χ4v) is 2.58. The lowest BCUT2D eigenvalue weighted by Gasteiger charge is -2.27. The summed E-state index contributed by atoms with van der Waals surface area (Å²) in [5, 5.41) is 0. The zero-order valence-corrected chi connectivity index (χ0v) is 12.0. The normalized spacial score (nSPS) is 14.8. The van der Waals surface area contributed by atoms with Crippen LogP contribution in [0.4, 0.5) is 0 Å². The Morgan fingerprint density at radius 1 is 1.12 bits per heavy atom. The predicted octanol–water partition coefficient (Wildman–Crippen LogP) is 4.75. The van der Waals surface area contributed by atoms with E-state index < -0.39 is 0 Å². The van der Waals surface area contributed by atoms with E-state index in [1.165, 1.54) is 50.8 Å². The molecule has 0 fully saturated rings. The van der Waals surface area contributed by atoms with Crippen LogP contribution in [-0.2, 0) is 5.41 Å². The molecule has 0 radical (unpaired) electrons. The van der Waals surface area contributed by atoms with Crippen LogP contribution in [0.5, 0.6) is 0 Å². The van der Waals surface area contributed by atoms with E-state index in [1.807, 2.05) is 6.20 Å². The second-order valence-electron chi connectivity index (χ2n) is 5.51. The molecule has 2 heteroatoms. The summed E-state index contributed by atoms with van der Waals surface area (Å²) in [7, 11) is 0. The molecule has 1 N–H and O–H groups in total. The molecule has 0 aliphatic rings. The van der Waals surface area contributed by atoms with Gasteiger partial charge in [0.25, 0.3) is 0 Å². The van der Waals surface area contributed by atoms with Gasteiger partial charge < -0.3 is 4.98 Å². The van der Waals surface area contributed by atoms with Crippen molar-refractivity contribution >= 4 is 0 Å². The minimum Gasteiger partial charge on any atom is -0.348 e. The summed E-state index contributed by atoms with van der Waals surface area (Å²) < 4.78 is 0. The van der Waals surface area contributed by atoms with Crippen molar-refractivity contribution in [1.82, 2.24) is 9.97 Å². The lowest BCUT2D eigenvalue weighted by atomic mass is 9.80. The molecule has 0 spiro atoms. The van der Waals surface area contributed by atoms with Crippen molar-refractivity contribution in [3.8, 4) is 0 Å². The van der Waals surface area contributed by atoms with Crippen molar-refractivity contribution < 1.29 is 0 Å². The molecule has 0 aromatic carbocycles. The minimum absolute atomic E-state index is 0.247. The first-order chi connectivity index (χ1) is 8.12. The van der Waals surface area contributed by atoms with Crippen molar-refractivity contribution in [1.29, 1.82) is 0 Å². The quantitative estimate of drug-likeness (QED) is 0.648. The molecule has 0 bridgehead atoms. The first-order valence-corrected chi connectivity index (χ1v) is 7.15. The smallest absolute Gasteiger partial charge is 0.112 e. The number of nitrogens with one attached hydrogen (secondary N) is 1. The number of aromatic nitrogens is 2. The van der Waals surface area contributed by atoms with Gasteiger partial charge in [0.1, 0.15) is 5.82 Å². The number of hydrogen-bond donors (Lipinski definition) is 1. The molecule has 1 atom stereocenters. The number of imidazole rings is 1. The summed E-state index contributed by atoms with van der Waals surface area (Å²) in [5.74, 6) is 1.19. The molecule has 1 unspecified atom stereocenters. The van der Waals surface area contributed by atoms with E-state index in [-0.39, 0.29) is 5.41 Å². The third kappa shape index (κ3) is 4.18. The van der Waals surface area contributed by atoms with Crippen molar-refractivity contribution in [3.63, 3.8) is 0 Å². The number of nitrogens with zero attached hydrogens (tertiary/aromatic N) is 1. The maximum Gasteiger partial charge on any atom is 0.112 e. The van der Waals surface area contributed by atoms with Crippen LogP contribution < -0.4 is 0 Å². The molecule has 98 valence electrons. The summed E-state index contributed by atoms with van der Waals surface area (Å²) in [6.45, 7) is 8.95. The first-order valence-electron chi connectivity index (χ1n) is 7.15. The standard InChI is InChI=1S/C15H28N2/c1-5-7-8-9-11-15(4,10-6-2)14-16-12-13(3)17-14/h12H,5-11H2,1-4H3,(H,16,17). The maximum atomic E-state index is 4.64. The van der Waals surface area contributed by atoms with E-state index in [4.69, 9.17) is 0 Å². The Hall–Kier alpha value is -0.790. The molecule has 1 aromatic heterocycles. The highest BCUT2D eigenvalue weighted by molar-refractivity contribution is 5.10. The van der Waals surface area contributed by atoms with Crippen LogP contribution in [0.15, 0.2) is 6.20 Å². The molecule has 2 nitrogen and oxygen atoms in total. The third-order valence-corrected chi connectivity index (χ3v) is 3.66. The molecule has 0 amide bonds. The van der Waals surface area contributed by atoms with Gasteiger partial charge in [-0.05, 0) is 19.8 Å². The topological polar surface area (TPSA) is 28.7 Å². The van der Waals surface area contributed by atoms with E-state index in [1.54, 1.807) is 0 Å². The highest BCUT2D eigenvalue weighted by Crippen LogP contribution is 2.32. The Bertz CT molecular complexity index is 316. The van der Waals surface area contributed by atoms with Crippen molar-refractivity contribution in [2.24, 2.45) is 0 Å². The average Bonchev–Trinajstić information content (AvgIpc) is 2.72. The summed E-state index contributed by atoms with van der Waals surface area (Å²) in [5.41, 5.74) is 1.35. The Morgan fingerprint density at radius 2 is 1.88 bits per heavy atom. The van der Waals surface area contributed by atoms with Crippen LogP contribution in [0, 0.1) is 6.92 Å². The number of rotatable bonds is 8. The van der Waals surface area contributed by atoms with Gasteiger partial charge in [-0.1, -0.05) is 52.9 Å². The van der Waals surface area contributed by atoms with Gasteiger partial charge in [0.2, 0.25) is 0 Å². The minimum atomic E-state index is 0.247. The zero-order chi connectivity index (χ0) is 12.7. The van der Waals surface area contributed by atoms with Crippen LogP contribution in [-0.4, -0.2) is 9.97 Å². The summed E-state index contributed by atoms with van der Waals surface area (Å²) in [6.07, 6.45) is 11.1. The molecule has 0 saturated carbocycles. The molecule has 0 aliphatic carbocycles. The van der Waals surface area contributed by atoms with Crippen LogP contribution >= 0.6 is 0 Å². The Morgan fingerprint density at radius 3 is 2.41 bits per heavy atom.